The summed E-state index contributed by atoms with van der Waals surface area (Å²) in [6, 6.07) is 10.9. The van der Waals surface area contributed by atoms with Gasteiger partial charge in [0.15, 0.2) is 0 Å². The van der Waals surface area contributed by atoms with E-state index in [0.717, 1.165) is 16.9 Å². The highest BCUT2D eigenvalue weighted by Gasteiger charge is 2.15. The Morgan fingerprint density at radius 1 is 1.20 bits per heavy atom. The Labute approximate surface area is 119 Å². The van der Waals surface area contributed by atoms with Crippen LogP contribution in [0.25, 0.3) is 0 Å². The van der Waals surface area contributed by atoms with Crippen LogP contribution in [-0.2, 0) is 6.42 Å². The van der Waals surface area contributed by atoms with Crippen LogP contribution < -0.4 is 10.5 Å². The van der Waals surface area contributed by atoms with Crippen LogP contribution in [-0.4, -0.2) is 7.11 Å². The Balaban J connectivity index is 2.30. The Morgan fingerprint density at radius 3 is 2.65 bits per heavy atom. The first-order valence-electron chi connectivity index (χ1n) is 6.67. The number of hydrogen-bond donors (Lipinski definition) is 1. The maximum Gasteiger partial charge on any atom is 0.130 e. The van der Waals surface area contributed by atoms with Gasteiger partial charge in [0.1, 0.15) is 11.6 Å². The highest BCUT2D eigenvalue weighted by atomic mass is 19.1. The van der Waals surface area contributed by atoms with E-state index >= 15 is 0 Å². The second kappa shape index (κ2) is 6.06. The number of benzene rings is 2. The van der Waals surface area contributed by atoms with E-state index in [4.69, 9.17) is 10.5 Å². The van der Waals surface area contributed by atoms with Gasteiger partial charge >= 0.3 is 0 Å². The second-order valence-corrected chi connectivity index (χ2v) is 5.10. The van der Waals surface area contributed by atoms with Crippen LogP contribution in [0.4, 0.5) is 4.39 Å². The molecule has 2 aromatic carbocycles. The summed E-state index contributed by atoms with van der Waals surface area (Å²) in [4.78, 5) is 0. The molecule has 0 aliphatic rings. The third kappa shape index (κ3) is 2.99. The van der Waals surface area contributed by atoms with Crippen LogP contribution in [0.15, 0.2) is 36.4 Å². The lowest BCUT2D eigenvalue weighted by molar-refractivity contribution is 0.407. The van der Waals surface area contributed by atoms with Crippen molar-refractivity contribution in [1.82, 2.24) is 0 Å². The summed E-state index contributed by atoms with van der Waals surface area (Å²) < 4.78 is 19.4. The molecule has 0 heterocycles. The van der Waals surface area contributed by atoms with Gasteiger partial charge in [0, 0.05) is 11.6 Å². The Morgan fingerprint density at radius 2 is 1.95 bits per heavy atom. The summed E-state index contributed by atoms with van der Waals surface area (Å²) >= 11 is 0. The van der Waals surface area contributed by atoms with Crippen molar-refractivity contribution in [1.29, 1.82) is 0 Å². The van der Waals surface area contributed by atoms with Gasteiger partial charge in [0.25, 0.3) is 0 Å². The molecule has 0 radical (unpaired) electrons. The molecule has 0 fully saturated rings. The van der Waals surface area contributed by atoms with Gasteiger partial charge in [0.05, 0.1) is 7.11 Å². The average molecular weight is 273 g/mol. The minimum atomic E-state index is -0.384. The van der Waals surface area contributed by atoms with Crippen molar-refractivity contribution in [2.24, 2.45) is 5.73 Å². The molecule has 1 unspecified atom stereocenters. The fourth-order valence-electron chi connectivity index (χ4n) is 2.37. The number of halogens is 1. The maximum absolute atomic E-state index is 14.1. The minimum absolute atomic E-state index is 0.216. The quantitative estimate of drug-likeness (QED) is 0.922. The Kier molecular flexibility index (Phi) is 4.40. The lowest BCUT2D eigenvalue weighted by Gasteiger charge is -2.16. The predicted molar refractivity (Wildman–Crippen MR) is 79.5 cm³/mol. The van der Waals surface area contributed by atoms with E-state index in [9.17, 15) is 4.39 Å². The predicted octanol–water partition coefficient (Wildman–Crippen LogP) is 3.69. The molecule has 2 N–H and O–H groups in total. The first kappa shape index (κ1) is 14.5. The van der Waals surface area contributed by atoms with Gasteiger partial charge in [-0.2, -0.15) is 0 Å². The zero-order valence-corrected chi connectivity index (χ0v) is 12.1. The molecular formula is C17H20FNO. The van der Waals surface area contributed by atoms with Crippen LogP contribution in [0, 0.1) is 19.7 Å². The molecule has 1 atom stereocenters. The van der Waals surface area contributed by atoms with Crippen molar-refractivity contribution in [2.45, 2.75) is 26.3 Å². The highest BCUT2D eigenvalue weighted by molar-refractivity contribution is 5.39. The molecule has 0 saturated heterocycles. The van der Waals surface area contributed by atoms with Gasteiger partial charge < -0.3 is 10.5 Å². The molecule has 0 aliphatic heterocycles. The first-order chi connectivity index (χ1) is 9.52. The van der Waals surface area contributed by atoms with Crippen molar-refractivity contribution < 1.29 is 9.13 Å². The van der Waals surface area contributed by atoms with Gasteiger partial charge in [-0.1, -0.05) is 35.9 Å². The molecule has 0 aliphatic carbocycles. The molecule has 0 amide bonds. The van der Waals surface area contributed by atoms with Crippen molar-refractivity contribution in [2.75, 3.05) is 7.11 Å². The van der Waals surface area contributed by atoms with Gasteiger partial charge in [-0.25, -0.2) is 4.39 Å². The summed E-state index contributed by atoms with van der Waals surface area (Å²) in [7, 11) is 1.63. The second-order valence-electron chi connectivity index (χ2n) is 5.10. The van der Waals surface area contributed by atoms with E-state index in [1.807, 2.05) is 31.2 Å². The maximum atomic E-state index is 14.1. The van der Waals surface area contributed by atoms with Crippen LogP contribution in [0.1, 0.15) is 28.3 Å². The fourth-order valence-corrected chi connectivity index (χ4v) is 2.37. The van der Waals surface area contributed by atoms with Crippen LogP contribution >= 0.6 is 0 Å². The molecule has 20 heavy (non-hydrogen) atoms. The van der Waals surface area contributed by atoms with Crippen molar-refractivity contribution in [3.05, 3.63) is 64.5 Å². The fraction of sp³-hybridized carbons (Fsp3) is 0.294. The molecule has 106 valence electrons. The van der Waals surface area contributed by atoms with E-state index in [1.165, 1.54) is 0 Å². The van der Waals surface area contributed by atoms with E-state index < -0.39 is 0 Å². The number of nitrogens with two attached hydrogens (primary N) is 1. The zero-order valence-electron chi connectivity index (χ0n) is 12.1. The first-order valence-corrected chi connectivity index (χ1v) is 6.67. The third-order valence-electron chi connectivity index (χ3n) is 3.50. The monoisotopic (exact) mass is 273 g/mol. The number of methoxy groups -OCH3 is 1. The summed E-state index contributed by atoms with van der Waals surface area (Å²) in [5.74, 6) is 0.575. The standard InChI is InChI=1S/C17H20FNO/c1-11-7-8-16(20-3)13(9-11)10-15(19)14-6-4-5-12(2)17(14)18/h4-9,15H,10,19H2,1-3H3. The molecule has 0 spiro atoms. The SMILES string of the molecule is COc1ccc(C)cc1CC(N)c1cccc(C)c1F. The van der Waals surface area contributed by atoms with Gasteiger partial charge in [-0.05, 0) is 37.5 Å². The van der Waals surface area contributed by atoms with Gasteiger partial charge in [-0.3, -0.25) is 0 Å². The Hall–Kier alpha value is -1.87. The smallest absolute Gasteiger partial charge is 0.130 e. The molecule has 2 nitrogen and oxygen atoms in total. The minimum Gasteiger partial charge on any atom is -0.496 e. The number of rotatable bonds is 4. The van der Waals surface area contributed by atoms with E-state index in [-0.39, 0.29) is 11.9 Å². The molecular weight excluding hydrogens is 253 g/mol. The van der Waals surface area contributed by atoms with Crippen molar-refractivity contribution in [3.63, 3.8) is 0 Å². The van der Waals surface area contributed by atoms with Crippen molar-refractivity contribution in [3.8, 4) is 5.75 Å². The topological polar surface area (TPSA) is 35.2 Å². The largest absolute Gasteiger partial charge is 0.496 e. The molecule has 2 aromatic rings. The average Bonchev–Trinajstić information content (AvgIpc) is 2.42. The normalized spacial score (nSPS) is 12.2. The van der Waals surface area contributed by atoms with Crippen LogP contribution in [0.3, 0.4) is 0 Å². The van der Waals surface area contributed by atoms with E-state index in [2.05, 4.69) is 0 Å². The number of ether oxygens (including phenoxy) is 1. The summed E-state index contributed by atoms with van der Waals surface area (Å²) in [6.45, 7) is 3.76. The molecule has 3 heteroatoms. The summed E-state index contributed by atoms with van der Waals surface area (Å²) in [6.07, 6.45) is 0.547. The van der Waals surface area contributed by atoms with E-state index in [1.54, 1.807) is 26.2 Å². The molecule has 0 bridgehead atoms. The van der Waals surface area contributed by atoms with Crippen molar-refractivity contribution >= 4 is 0 Å². The lowest BCUT2D eigenvalue weighted by atomic mass is 9.96. The molecule has 0 aromatic heterocycles. The third-order valence-corrected chi connectivity index (χ3v) is 3.50. The Bertz CT molecular complexity index is 610. The summed E-state index contributed by atoms with van der Waals surface area (Å²) in [5.41, 5.74) is 9.48. The zero-order chi connectivity index (χ0) is 14.7. The number of aryl methyl sites for hydroxylation is 2. The van der Waals surface area contributed by atoms with Crippen LogP contribution in [0.5, 0.6) is 5.75 Å². The van der Waals surface area contributed by atoms with E-state index in [0.29, 0.717) is 17.5 Å². The number of hydrogen-bond acceptors (Lipinski definition) is 2. The molecule has 0 saturated carbocycles. The highest BCUT2D eigenvalue weighted by Crippen LogP contribution is 2.26. The summed E-state index contributed by atoms with van der Waals surface area (Å²) in [5, 5.41) is 0. The van der Waals surface area contributed by atoms with Crippen LogP contribution in [0.2, 0.25) is 0 Å². The van der Waals surface area contributed by atoms with Gasteiger partial charge in [0.2, 0.25) is 0 Å². The van der Waals surface area contributed by atoms with Gasteiger partial charge in [-0.15, -0.1) is 0 Å². The lowest BCUT2D eigenvalue weighted by Crippen LogP contribution is -2.16. The molecule has 2 rings (SSSR count).